The molecule has 3 aromatic carbocycles. The topological polar surface area (TPSA) is 138 Å². The first-order valence-corrected chi connectivity index (χ1v) is 13.2. The molecule has 1 aliphatic heterocycles. The molecule has 5 N–H and O–H groups in total. The van der Waals surface area contributed by atoms with E-state index in [0.29, 0.717) is 46.7 Å². The van der Waals surface area contributed by atoms with Gasteiger partial charge in [0.25, 0.3) is 11.8 Å². The second-order valence-corrected chi connectivity index (χ2v) is 9.37. The molecule has 0 aliphatic carbocycles. The SMILES string of the molecule is Nc1ccccc1NC(=O)CCCCCCCNC(=O)c1ccc(C=NN=C2C(=O)Nc3ccc(F)cc32)cc1. The molecule has 40 heavy (non-hydrogen) atoms. The first kappa shape index (κ1) is 28.2. The molecule has 0 fully saturated rings. The third-order valence-electron chi connectivity index (χ3n) is 6.34. The van der Waals surface area contributed by atoms with Crippen LogP contribution in [0.4, 0.5) is 21.5 Å². The first-order valence-electron chi connectivity index (χ1n) is 13.2. The molecule has 10 heteroatoms. The van der Waals surface area contributed by atoms with Crippen LogP contribution in [0.5, 0.6) is 0 Å². The Morgan fingerprint density at radius 1 is 0.950 bits per heavy atom. The van der Waals surface area contributed by atoms with Crippen LogP contribution in [0.25, 0.3) is 0 Å². The molecule has 0 radical (unpaired) electrons. The Hall–Kier alpha value is -4.86. The molecule has 3 aromatic rings. The maximum absolute atomic E-state index is 13.5. The molecule has 0 atom stereocenters. The number of para-hydroxylation sites is 2. The van der Waals surface area contributed by atoms with Crippen LogP contribution < -0.4 is 21.7 Å². The fraction of sp³-hybridized carbons (Fsp3) is 0.233. The largest absolute Gasteiger partial charge is 0.397 e. The number of benzene rings is 3. The van der Waals surface area contributed by atoms with E-state index in [0.717, 1.165) is 32.1 Å². The van der Waals surface area contributed by atoms with Gasteiger partial charge in [0.2, 0.25) is 5.91 Å². The quantitative estimate of drug-likeness (QED) is 0.112. The fourth-order valence-corrected chi connectivity index (χ4v) is 4.17. The molecule has 1 aliphatic rings. The van der Waals surface area contributed by atoms with Crippen molar-refractivity contribution in [3.63, 3.8) is 0 Å². The summed E-state index contributed by atoms with van der Waals surface area (Å²) in [6.45, 7) is 0.567. The van der Waals surface area contributed by atoms with Crippen molar-refractivity contribution in [3.8, 4) is 0 Å². The summed E-state index contributed by atoms with van der Waals surface area (Å²) in [6, 6.07) is 18.0. The molecule has 4 rings (SSSR count). The maximum Gasteiger partial charge on any atom is 0.276 e. The molecule has 0 spiro atoms. The van der Waals surface area contributed by atoms with E-state index in [2.05, 4.69) is 26.2 Å². The van der Waals surface area contributed by atoms with Crippen molar-refractivity contribution in [2.75, 3.05) is 22.9 Å². The number of carbonyl (C=O) groups is 3. The summed E-state index contributed by atoms with van der Waals surface area (Å²) in [6.07, 6.45) is 6.44. The van der Waals surface area contributed by atoms with Crippen molar-refractivity contribution in [2.24, 2.45) is 10.2 Å². The number of anilines is 3. The lowest BCUT2D eigenvalue weighted by Gasteiger charge is -2.08. The van der Waals surface area contributed by atoms with Gasteiger partial charge in [0.05, 0.1) is 23.3 Å². The van der Waals surface area contributed by atoms with Crippen LogP contribution >= 0.6 is 0 Å². The number of carbonyl (C=O) groups excluding carboxylic acids is 3. The third kappa shape index (κ3) is 7.83. The monoisotopic (exact) mass is 542 g/mol. The lowest BCUT2D eigenvalue weighted by Crippen LogP contribution is -2.24. The van der Waals surface area contributed by atoms with Gasteiger partial charge < -0.3 is 21.7 Å². The van der Waals surface area contributed by atoms with Crippen LogP contribution in [-0.4, -0.2) is 36.2 Å². The highest BCUT2D eigenvalue weighted by molar-refractivity contribution is 6.53. The molecular formula is C30H31FN6O3. The van der Waals surface area contributed by atoms with E-state index in [1.165, 1.54) is 24.4 Å². The highest BCUT2D eigenvalue weighted by atomic mass is 19.1. The number of hydrogen-bond donors (Lipinski definition) is 4. The molecule has 9 nitrogen and oxygen atoms in total. The summed E-state index contributed by atoms with van der Waals surface area (Å²) in [7, 11) is 0. The number of unbranched alkanes of at least 4 members (excludes halogenated alkanes) is 4. The highest BCUT2D eigenvalue weighted by Crippen LogP contribution is 2.24. The van der Waals surface area contributed by atoms with Gasteiger partial charge in [0.15, 0.2) is 5.71 Å². The van der Waals surface area contributed by atoms with Crippen LogP contribution in [-0.2, 0) is 9.59 Å². The molecule has 0 aromatic heterocycles. The number of nitrogens with zero attached hydrogens (tertiary/aromatic N) is 2. The minimum Gasteiger partial charge on any atom is -0.397 e. The van der Waals surface area contributed by atoms with Gasteiger partial charge in [0.1, 0.15) is 5.82 Å². The second-order valence-electron chi connectivity index (χ2n) is 9.37. The molecule has 0 saturated carbocycles. The van der Waals surface area contributed by atoms with E-state index in [9.17, 15) is 18.8 Å². The van der Waals surface area contributed by atoms with Crippen LogP contribution in [0.2, 0.25) is 0 Å². The Bertz CT molecular complexity index is 1440. The zero-order chi connectivity index (χ0) is 28.3. The lowest BCUT2D eigenvalue weighted by molar-refractivity contribution is -0.116. The Kier molecular flexibility index (Phi) is 9.71. The van der Waals surface area contributed by atoms with Crippen molar-refractivity contribution in [3.05, 3.63) is 89.2 Å². The molecule has 0 unspecified atom stereocenters. The summed E-state index contributed by atoms with van der Waals surface area (Å²) in [5, 5.41) is 16.3. The number of halogens is 1. The first-order chi connectivity index (χ1) is 19.4. The average molecular weight is 543 g/mol. The van der Waals surface area contributed by atoms with Gasteiger partial charge in [-0.2, -0.15) is 5.10 Å². The van der Waals surface area contributed by atoms with E-state index in [1.54, 1.807) is 36.4 Å². The summed E-state index contributed by atoms with van der Waals surface area (Å²) < 4.78 is 13.5. The number of nitrogens with two attached hydrogens (primary N) is 1. The van der Waals surface area contributed by atoms with E-state index >= 15 is 0 Å². The smallest absolute Gasteiger partial charge is 0.276 e. The highest BCUT2D eigenvalue weighted by Gasteiger charge is 2.26. The summed E-state index contributed by atoms with van der Waals surface area (Å²) in [5.41, 5.74) is 9.15. The fourth-order valence-electron chi connectivity index (χ4n) is 4.17. The zero-order valence-corrected chi connectivity index (χ0v) is 22.0. The van der Waals surface area contributed by atoms with Crippen LogP contribution in [0.1, 0.15) is 60.0 Å². The summed E-state index contributed by atoms with van der Waals surface area (Å²) in [4.78, 5) is 36.5. The number of amides is 3. The zero-order valence-electron chi connectivity index (χ0n) is 22.0. The van der Waals surface area contributed by atoms with E-state index < -0.39 is 11.7 Å². The normalized spacial score (nSPS) is 13.3. The van der Waals surface area contributed by atoms with Crippen LogP contribution in [0, 0.1) is 5.82 Å². The lowest BCUT2D eigenvalue weighted by atomic mass is 10.1. The maximum atomic E-state index is 13.5. The Morgan fingerprint density at radius 2 is 1.70 bits per heavy atom. The standard InChI is InChI=1S/C30H31FN6O3/c31-22-15-16-25-23(18-22)28(30(40)36-25)37-34-19-20-11-13-21(14-12-20)29(39)33-17-7-3-1-2-4-10-27(38)35-26-9-6-5-8-24(26)32/h5-6,8-9,11-16,18-19H,1-4,7,10,17,32H2,(H,33,39)(H,35,38)(H,36,37,40). The Labute approximate surface area is 231 Å². The van der Waals surface area contributed by atoms with Gasteiger partial charge in [-0.3, -0.25) is 14.4 Å². The predicted molar refractivity (Wildman–Crippen MR) is 155 cm³/mol. The van der Waals surface area contributed by atoms with Gasteiger partial charge in [-0.15, -0.1) is 5.10 Å². The van der Waals surface area contributed by atoms with Gasteiger partial charge in [0, 0.05) is 24.1 Å². The second kappa shape index (κ2) is 13.8. The van der Waals surface area contributed by atoms with Gasteiger partial charge in [-0.25, -0.2) is 4.39 Å². The molecule has 206 valence electrons. The third-order valence-corrected chi connectivity index (χ3v) is 6.34. The summed E-state index contributed by atoms with van der Waals surface area (Å²) >= 11 is 0. The molecule has 0 saturated heterocycles. The Morgan fingerprint density at radius 3 is 2.50 bits per heavy atom. The average Bonchev–Trinajstić information content (AvgIpc) is 3.25. The molecule has 3 amide bonds. The van der Waals surface area contributed by atoms with E-state index in [1.807, 2.05) is 12.1 Å². The van der Waals surface area contributed by atoms with Gasteiger partial charge >= 0.3 is 0 Å². The van der Waals surface area contributed by atoms with Crippen molar-refractivity contribution in [1.29, 1.82) is 0 Å². The molecule has 0 bridgehead atoms. The molecular weight excluding hydrogens is 511 g/mol. The number of fused-ring (bicyclic) bond motifs is 1. The number of hydrogen-bond acceptors (Lipinski definition) is 6. The molecule has 1 heterocycles. The van der Waals surface area contributed by atoms with Crippen molar-refractivity contribution < 1.29 is 18.8 Å². The summed E-state index contributed by atoms with van der Waals surface area (Å²) in [5.74, 6) is -1.11. The number of nitrogens with one attached hydrogen (secondary N) is 3. The van der Waals surface area contributed by atoms with Crippen LogP contribution in [0.3, 0.4) is 0 Å². The minimum absolute atomic E-state index is 0.0422. The minimum atomic E-state index is -0.465. The van der Waals surface area contributed by atoms with Gasteiger partial charge in [-0.05, 0) is 60.9 Å². The van der Waals surface area contributed by atoms with Gasteiger partial charge in [-0.1, -0.05) is 43.5 Å². The van der Waals surface area contributed by atoms with Crippen molar-refractivity contribution in [1.82, 2.24) is 5.32 Å². The number of rotatable bonds is 12. The van der Waals surface area contributed by atoms with E-state index in [-0.39, 0.29) is 17.5 Å². The number of nitrogen functional groups attached to an aromatic ring is 1. The predicted octanol–water partition coefficient (Wildman–Crippen LogP) is 4.89. The van der Waals surface area contributed by atoms with Crippen LogP contribution in [0.15, 0.2) is 76.9 Å². The van der Waals surface area contributed by atoms with Crippen molar-refractivity contribution in [2.45, 2.75) is 38.5 Å². The van der Waals surface area contributed by atoms with E-state index in [4.69, 9.17) is 5.73 Å². The Balaban J connectivity index is 1.12. The van der Waals surface area contributed by atoms with Crippen molar-refractivity contribution >= 4 is 46.7 Å².